The van der Waals surface area contributed by atoms with E-state index in [0.29, 0.717) is 0 Å². The van der Waals surface area contributed by atoms with E-state index in [4.69, 9.17) is 9.66 Å². The van der Waals surface area contributed by atoms with Gasteiger partial charge in [-0.15, -0.1) is 5.11 Å². The third-order valence-electron chi connectivity index (χ3n) is 3.98. The highest BCUT2D eigenvalue weighted by Crippen LogP contribution is 2.41. The summed E-state index contributed by atoms with van der Waals surface area (Å²) in [5.41, 5.74) is -0.509. The van der Waals surface area contributed by atoms with Gasteiger partial charge in [-0.25, -0.2) is 4.79 Å². The van der Waals surface area contributed by atoms with Gasteiger partial charge in [-0.05, 0) is 53.9 Å². The minimum absolute atomic E-state index is 0.0178. The van der Waals surface area contributed by atoms with Gasteiger partial charge >= 0.3 is 5.97 Å². The van der Waals surface area contributed by atoms with Crippen molar-refractivity contribution in [2.45, 2.75) is 9.79 Å². The molecule has 0 aliphatic heterocycles. The van der Waals surface area contributed by atoms with Crippen LogP contribution in [0.3, 0.4) is 0 Å². The fourth-order valence-electron chi connectivity index (χ4n) is 2.56. The van der Waals surface area contributed by atoms with Gasteiger partial charge in [0.25, 0.3) is 20.2 Å². The van der Waals surface area contributed by atoms with Crippen LogP contribution in [0.1, 0.15) is 10.4 Å². The first-order valence-electron chi connectivity index (χ1n) is 7.88. The summed E-state index contributed by atoms with van der Waals surface area (Å²) in [4.78, 5) is 9.46. The highest BCUT2D eigenvalue weighted by atomic mass is 32.2. The Balaban J connectivity index is 2.20. The van der Waals surface area contributed by atoms with Crippen molar-refractivity contribution in [1.82, 2.24) is 0 Å². The standard InChI is InChI=1S/C17H12N2O9S2/c20-16-13-6-5-12(29(23,24)25)7-10(13)8-14(30(26,27)28)15(16)19-18-11-3-1-9(2-4-11)17(21)22/h1-8,20H,(H,21,22)(H,23,24,25)(H,26,27,28). The second-order valence-electron chi connectivity index (χ2n) is 5.96. The summed E-state index contributed by atoms with van der Waals surface area (Å²) in [5.74, 6) is -1.88. The van der Waals surface area contributed by atoms with Crippen LogP contribution < -0.4 is 0 Å². The lowest BCUT2D eigenvalue weighted by molar-refractivity contribution is 0.0697. The smallest absolute Gasteiger partial charge is 0.335 e. The molecule has 0 spiro atoms. The summed E-state index contributed by atoms with van der Waals surface area (Å²) in [5, 5.41) is 26.6. The van der Waals surface area contributed by atoms with Crippen molar-refractivity contribution in [3.63, 3.8) is 0 Å². The molecule has 3 aromatic rings. The van der Waals surface area contributed by atoms with Crippen molar-refractivity contribution in [3.8, 4) is 5.75 Å². The zero-order valence-corrected chi connectivity index (χ0v) is 16.3. The van der Waals surface area contributed by atoms with Crippen LogP contribution >= 0.6 is 0 Å². The first kappa shape index (κ1) is 21.3. The molecule has 4 N–H and O–H groups in total. The Hall–Kier alpha value is -3.39. The molecule has 11 nitrogen and oxygen atoms in total. The van der Waals surface area contributed by atoms with E-state index in [9.17, 15) is 31.3 Å². The minimum atomic E-state index is -4.92. The SMILES string of the molecule is O=C(O)c1ccc(N=Nc2c(S(=O)(=O)O)cc3cc(S(=O)(=O)O)ccc3c2O)cc1. The lowest BCUT2D eigenvalue weighted by atomic mass is 10.1. The van der Waals surface area contributed by atoms with Gasteiger partial charge in [0.15, 0.2) is 5.75 Å². The van der Waals surface area contributed by atoms with Crippen LogP contribution in [0.2, 0.25) is 0 Å². The number of carbonyl (C=O) groups is 1. The van der Waals surface area contributed by atoms with Crippen molar-refractivity contribution < 1.29 is 40.9 Å². The number of carboxylic acid groups (broad SMARTS) is 1. The Kier molecular flexibility index (Phi) is 5.30. The molecule has 0 heterocycles. The first-order chi connectivity index (χ1) is 13.9. The molecule has 0 aromatic heterocycles. The zero-order chi connectivity index (χ0) is 22.3. The van der Waals surface area contributed by atoms with Crippen LogP contribution in [0, 0.1) is 0 Å². The monoisotopic (exact) mass is 452 g/mol. The molecule has 0 aliphatic rings. The fourth-order valence-corrected chi connectivity index (χ4v) is 3.74. The summed E-state index contributed by atoms with van der Waals surface area (Å²) >= 11 is 0. The molecule has 0 saturated carbocycles. The first-order valence-corrected chi connectivity index (χ1v) is 10.8. The molecule has 156 valence electrons. The van der Waals surface area contributed by atoms with Gasteiger partial charge in [0.2, 0.25) is 0 Å². The molecule has 0 radical (unpaired) electrons. The predicted octanol–water partition coefficient (Wildman–Crippen LogP) is 3.15. The number of nitrogens with zero attached hydrogens (tertiary/aromatic N) is 2. The number of hydrogen-bond acceptors (Lipinski definition) is 8. The number of hydrogen-bond donors (Lipinski definition) is 4. The zero-order valence-electron chi connectivity index (χ0n) is 14.7. The normalized spacial score (nSPS) is 12.5. The molecule has 0 fully saturated rings. The molecular weight excluding hydrogens is 440 g/mol. The summed E-state index contributed by atoms with van der Waals surface area (Å²) in [6, 6.07) is 8.91. The Bertz CT molecular complexity index is 1410. The van der Waals surface area contributed by atoms with Crippen molar-refractivity contribution in [3.05, 3.63) is 54.1 Å². The second kappa shape index (κ2) is 7.46. The Morgan fingerprint density at radius 1 is 0.833 bits per heavy atom. The van der Waals surface area contributed by atoms with Crippen molar-refractivity contribution in [2.75, 3.05) is 0 Å². The maximum atomic E-state index is 11.8. The van der Waals surface area contributed by atoms with Gasteiger partial charge in [-0.3, -0.25) is 9.11 Å². The lowest BCUT2D eigenvalue weighted by Gasteiger charge is -2.09. The van der Waals surface area contributed by atoms with Gasteiger partial charge < -0.3 is 10.2 Å². The van der Waals surface area contributed by atoms with Gasteiger partial charge in [0.1, 0.15) is 10.6 Å². The van der Waals surface area contributed by atoms with E-state index in [1.807, 2.05) is 0 Å². The van der Waals surface area contributed by atoms with Gasteiger partial charge in [0, 0.05) is 5.39 Å². The second-order valence-corrected chi connectivity index (χ2v) is 8.77. The van der Waals surface area contributed by atoms with Gasteiger partial charge in [0.05, 0.1) is 16.1 Å². The third kappa shape index (κ3) is 4.28. The molecule has 3 aromatic carbocycles. The van der Waals surface area contributed by atoms with Crippen molar-refractivity contribution >= 4 is 48.4 Å². The summed E-state index contributed by atoms with van der Waals surface area (Å²) in [6.07, 6.45) is 0. The minimum Gasteiger partial charge on any atom is -0.505 e. The lowest BCUT2D eigenvalue weighted by Crippen LogP contribution is -2.00. The third-order valence-corrected chi connectivity index (χ3v) is 5.69. The van der Waals surface area contributed by atoms with Crippen LogP contribution in [0.15, 0.2) is 68.6 Å². The molecule has 30 heavy (non-hydrogen) atoms. The van der Waals surface area contributed by atoms with Crippen LogP contribution in [-0.2, 0) is 20.2 Å². The van der Waals surface area contributed by atoms with Gasteiger partial charge in [-0.1, -0.05) is 0 Å². The fraction of sp³-hybridized carbons (Fsp3) is 0. The number of carboxylic acids is 1. The summed E-state index contributed by atoms with van der Waals surface area (Å²) in [7, 11) is -9.52. The number of phenols is 1. The van der Waals surface area contributed by atoms with E-state index in [1.165, 1.54) is 24.3 Å². The molecule has 0 bridgehead atoms. The molecule has 0 atom stereocenters. The van der Waals surface area contributed by atoms with Crippen molar-refractivity contribution in [2.24, 2.45) is 10.2 Å². The maximum Gasteiger partial charge on any atom is 0.335 e. The Morgan fingerprint density at radius 2 is 1.47 bits per heavy atom. The number of fused-ring (bicyclic) bond motifs is 1. The molecule has 0 aliphatic carbocycles. The maximum absolute atomic E-state index is 11.8. The molecule has 0 saturated heterocycles. The largest absolute Gasteiger partial charge is 0.505 e. The van der Waals surface area contributed by atoms with Crippen LogP contribution in [0.4, 0.5) is 11.4 Å². The predicted molar refractivity (Wildman–Crippen MR) is 103 cm³/mol. The highest BCUT2D eigenvalue weighted by Gasteiger charge is 2.23. The van der Waals surface area contributed by atoms with Gasteiger partial charge in [-0.2, -0.15) is 21.9 Å². The molecule has 3 rings (SSSR count). The molecule has 0 unspecified atom stereocenters. The number of benzene rings is 3. The topological polar surface area (TPSA) is 191 Å². The molecule has 0 amide bonds. The molecule has 13 heteroatoms. The number of aromatic hydroxyl groups is 1. The van der Waals surface area contributed by atoms with Crippen LogP contribution in [-0.4, -0.2) is 42.1 Å². The Labute approximate surface area is 169 Å². The summed E-state index contributed by atoms with van der Waals surface area (Å²) < 4.78 is 64.8. The number of phenolic OH excluding ortho intramolecular Hbond substituents is 1. The van der Waals surface area contributed by atoms with E-state index in [0.717, 1.165) is 24.3 Å². The average Bonchev–Trinajstić information content (AvgIpc) is 2.65. The number of rotatable bonds is 5. The van der Waals surface area contributed by atoms with Crippen LogP contribution in [0.25, 0.3) is 10.8 Å². The quantitative estimate of drug-likeness (QED) is 0.332. The van der Waals surface area contributed by atoms with E-state index in [2.05, 4.69) is 10.2 Å². The van der Waals surface area contributed by atoms with E-state index in [1.54, 1.807) is 0 Å². The summed E-state index contributed by atoms with van der Waals surface area (Å²) in [6.45, 7) is 0. The van der Waals surface area contributed by atoms with E-state index >= 15 is 0 Å². The Morgan fingerprint density at radius 3 is 2.00 bits per heavy atom. The average molecular weight is 452 g/mol. The highest BCUT2D eigenvalue weighted by molar-refractivity contribution is 7.86. The number of aromatic carboxylic acids is 1. The van der Waals surface area contributed by atoms with E-state index in [-0.39, 0.29) is 22.0 Å². The molecular formula is C17H12N2O9S2. The van der Waals surface area contributed by atoms with E-state index < -0.39 is 47.4 Å². The van der Waals surface area contributed by atoms with Crippen LogP contribution in [0.5, 0.6) is 5.75 Å². The number of azo groups is 1. The van der Waals surface area contributed by atoms with Crippen molar-refractivity contribution in [1.29, 1.82) is 0 Å².